The van der Waals surface area contributed by atoms with Gasteiger partial charge in [-0.3, -0.25) is 5.01 Å². The maximum Gasteiger partial charge on any atom is 0.165 e. The van der Waals surface area contributed by atoms with Crippen molar-refractivity contribution in [2.24, 2.45) is 11.0 Å². The molecule has 0 spiro atoms. The van der Waals surface area contributed by atoms with Gasteiger partial charge >= 0.3 is 0 Å². The maximum atomic E-state index is 8.73. The molecule has 1 atom stereocenters. The summed E-state index contributed by atoms with van der Waals surface area (Å²) in [7, 11) is 0. The lowest BCUT2D eigenvalue weighted by Gasteiger charge is -2.13. The van der Waals surface area contributed by atoms with E-state index in [1.54, 1.807) is 6.07 Å². The largest absolute Gasteiger partial charge is 0.504 e. The van der Waals surface area contributed by atoms with Gasteiger partial charge in [-0.2, -0.15) is 5.10 Å². The van der Waals surface area contributed by atoms with E-state index in [0.717, 1.165) is 6.54 Å². The number of anilines is 2. The van der Waals surface area contributed by atoms with Crippen LogP contribution in [0.4, 0.5) is 11.5 Å². The van der Waals surface area contributed by atoms with Gasteiger partial charge in [0.05, 0.1) is 5.69 Å². The molecule has 5 nitrogen and oxygen atoms in total. The topological polar surface area (TPSA) is 74.7 Å². The highest BCUT2D eigenvalue weighted by Gasteiger charge is 2.13. The van der Waals surface area contributed by atoms with E-state index in [1.807, 2.05) is 29.4 Å². The minimum atomic E-state index is 0.0347. The number of para-hydroxylation sites is 1. The number of nitrogens with two attached hydrogens (primary N) is 1. The Balaban J connectivity index is 0.000000160. The molecule has 0 saturated carbocycles. The minimum Gasteiger partial charge on any atom is -0.504 e. The van der Waals surface area contributed by atoms with E-state index in [-0.39, 0.29) is 11.6 Å². The number of hydrogen-bond donors (Lipinski definition) is 2. The molecule has 0 bridgehead atoms. The molecule has 104 valence electrons. The predicted molar refractivity (Wildman–Crippen MR) is 81.8 cm³/mol. The van der Waals surface area contributed by atoms with Crippen molar-refractivity contribution >= 4 is 17.7 Å². The molecule has 1 aromatic heterocycles. The number of pyridine rings is 1. The van der Waals surface area contributed by atoms with Crippen molar-refractivity contribution in [3.63, 3.8) is 0 Å². The number of aromatic nitrogens is 1. The van der Waals surface area contributed by atoms with E-state index in [9.17, 15) is 0 Å². The SMILES string of the molecule is CC1C=NN(c2ccccc2)C1.Nc1ncccc1O. The Labute approximate surface area is 118 Å². The van der Waals surface area contributed by atoms with E-state index in [1.165, 1.54) is 18.0 Å². The Kier molecular flexibility index (Phi) is 4.55. The molecule has 1 aliphatic heterocycles. The van der Waals surface area contributed by atoms with Crippen molar-refractivity contribution < 1.29 is 5.11 Å². The maximum absolute atomic E-state index is 8.73. The average molecular weight is 270 g/mol. The van der Waals surface area contributed by atoms with Crippen LogP contribution in [-0.2, 0) is 0 Å². The molecule has 1 unspecified atom stereocenters. The van der Waals surface area contributed by atoms with Crippen LogP contribution in [-0.4, -0.2) is 22.8 Å². The van der Waals surface area contributed by atoms with Crippen molar-refractivity contribution in [2.45, 2.75) is 6.92 Å². The summed E-state index contributed by atoms with van der Waals surface area (Å²) in [6, 6.07) is 13.4. The first-order valence-corrected chi connectivity index (χ1v) is 6.43. The monoisotopic (exact) mass is 270 g/mol. The van der Waals surface area contributed by atoms with Gasteiger partial charge in [0.25, 0.3) is 0 Å². The molecule has 1 aliphatic rings. The molecule has 0 amide bonds. The standard InChI is InChI=1S/C10H12N2.C5H6N2O/c1-9-7-11-12(8-9)10-5-3-2-4-6-10;6-5-4(8)2-1-3-7-5/h2-7,9H,8H2,1H3;1-3,8H,(H2,6,7). The molecule has 2 aromatic rings. The summed E-state index contributed by atoms with van der Waals surface area (Å²) in [6.45, 7) is 3.18. The normalized spacial score (nSPS) is 16.6. The lowest BCUT2D eigenvalue weighted by molar-refractivity contribution is 0.476. The first-order chi connectivity index (χ1) is 9.66. The number of rotatable bonds is 1. The van der Waals surface area contributed by atoms with Crippen LogP contribution in [0.2, 0.25) is 0 Å². The zero-order valence-electron chi connectivity index (χ0n) is 11.3. The number of nitrogens with zero attached hydrogens (tertiary/aromatic N) is 3. The molecule has 1 aromatic carbocycles. The van der Waals surface area contributed by atoms with Gasteiger partial charge in [0.2, 0.25) is 0 Å². The summed E-state index contributed by atoms with van der Waals surface area (Å²) in [5.74, 6) is 0.783. The lowest BCUT2D eigenvalue weighted by Crippen LogP contribution is -2.15. The fraction of sp³-hybridized carbons (Fsp3) is 0.200. The van der Waals surface area contributed by atoms with Crippen molar-refractivity contribution in [1.82, 2.24) is 4.98 Å². The lowest BCUT2D eigenvalue weighted by atomic mass is 10.2. The van der Waals surface area contributed by atoms with Gasteiger partial charge in [0.15, 0.2) is 11.6 Å². The Morgan fingerprint density at radius 3 is 2.45 bits per heavy atom. The summed E-state index contributed by atoms with van der Waals surface area (Å²) in [4.78, 5) is 3.61. The van der Waals surface area contributed by atoms with E-state index in [4.69, 9.17) is 10.8 Å². The van der Waals surface area contributed by atoms with Crippen LogP contribution in [0, 0.1) is 5.92 Å². The number of aromatic hydroxyl groups is 1. The third kappa shape index (κ3) is 3.71. The highest BCUT2D eigenvalue weighted by molar-refractivity contribution is 5.67. The third-order valence-electron chi connectivity index (χ3n) is 2.79. The summed E-state index contributed by atoms with van der Waals surface area (Å²) in [6.07, 6.45) is 3.52. The van der Waals surface area contributed by atoms with Crippen molar-refractivity contribution in [2.75, 3.05) is 17.3 Å². The van der Waals surface area contributed by atoms with Gasteiger partial charge in [-0.15, -0.1) is 0 Å². The predicted octanol–water partition coefficient (Wildman–Crippen LogP) is 2.50. The number of benzene rings is 1. The Morgan fingerprint density at radius 1 is 1.20 bits per heavy atom. The van der Waals surface area contributed by atoms with Crippen molar-refractivity contribution in [1.29, 1.82) is 0 Å². The average Bonchev–Trinajstić information content (AvgIpc) is 2.91. The zero-order valence-corrected chi connectivity index (χ0v) is 11.3. The van der Waals surface area contributed by atoms with E-state index < -0.39 is 0 Å². The fourth-order valence-corrected chi connectivity index (χ4v) is 1.74. The third-order valence-corrected chi connectivity index (χ3v) is 2.79. The van der Waals surface area contributed by atoms with Gasteiger partial charge < -0.3 is 10.8 Å². The summed E-state index contributed by atoms with van der Waals surface area (Å²) in [5.41, 5.74) is 6.34. The molecule has 0 radical (unpaired) electrons. The number of hydrazone groups is 1. The van der Waals surface area contributed by atoms with Gasteiger partial charge in [-0.1, -0.05) is 25.1 Å². The van der Waals surface area contributed by atoms with Crippen LogP contribution < -0.4 is 10.7 Å². The molecule has 5 heteroatoms. The molecule has 20 heavy (non-hydrogen) atoms. The molecular weight excluding hydrogens is 252 g/mol. The van der Waals surface area contributed by atoms with Crippen LogP contribution in [0.25, 0.3) is 0 Å². The van der Waals surface area contributed by atoms with E-state index in [2.05, 4.69) is 29.1 Å². The van der Waals surface area contributed by atoms with Crippen LogP contribution in [0.1, 0.15) is 6.92 Å². The van der Waals surface area contributed by atoms with Gasteiger partial charge in [0.1, 0.15) is 0 Å². The van der Waals surface area contributed by atoms with Gasteiger partial charge in [-0.05, 0) is 24.3 Å². The minimum absolute atomic E-state index is 0.0347. The second-order valence-corrected chi connectivity index (χ2v) is 4.57. The van der Waals surface area contributed by atoms with Crippen molar-refractivity contribution in [3.05, 3.63) is 48.7 Å². The molecule has 3 N–H and O–H groups in total. The first-order valence-electron chi connectivity index (χ1n) is 6.43. The van der Waals surface area contributed by atoms with Crippen LogP contribution in [0.5, 0.6) is 5.75 Å². The fourth-order valence-electron chi connectivity index (χ4n) is 1.74. The van der Waals surface area contributed by atoms with E-state index in [0.29, 0.717) is 5.92 Å². The summed E-state index contributed by atoms with van der Waals surface area (Å²) in [5, 5.41) is 15.1. The highest BCUT2D eigenvalue weighted by atomic mass is 16.3. The second-order valence-electron chi connectivity index (χ2n) is 4.57. The molecule has 0 aliphatic carbocycles. The van der Waals surface area contributed by atoms with E-state index >= 15 is 0 Å². The summed E-state index contributed by atoms with van der Waals surface area (Å²) < 4.78 is 0. The molecule has 0 fully saturated rings. The van der Waals surface area contributed by atoms with Gasteiger partial charge in [-0.25, -0.2) is 4.98 Å². The Bertz CT molecular complexity index is 550. The molecule has 0 saturated heterocycles. The second kappa shape index (κ2) is 6.56. The number of nitrogen functional groups attached to an aromatic ring is 1. The van der Waals surface area contributed by atoms with Crippen LogP contribution in [0.3, 0.4) is 0 Å². The van der Waals surface area contributed by atoms with Gasteiger partial charge in [0, 0.05) is 24.9 Å². The van der Waals surface area contributed by atoms with Crippen LogP contribution >= 0.6 is 0 Å². The zero-order chi connectivity index (χ0) is 14.4. The summed E-state index contributed by atoms with van der Waals surface area (Å²) >= 11 is 0. The Morgan fingerprint density at radius 2 is 1.95 bits per heavy atom. The molecule has 2 heterocycles. The first kappa shape index (κ1) is 13.9. The smallest absolute Gasteiger partial charge is 0.165 e. The molecule has 3 rings (SSSR count). The Hall–Kier alpha value is -2.56. The molecular formula is C15H18N4O. The van der Waals surface area contributed by atoms with Crippen LogP contribution in [0.15, 0.2) is 53.8 Å². The quantitative estimate of drug-likeness (QED) is 0.835. The number of hydrogen-bond acceptors (Lipinski definition) is 5. The highest BCUT2D eigenvalue weighted by Crippen LogP contribution is 2.18. The van der Waals surface area contributed by atoms with Crippen molar-refractivity contribution in [3.8, 4) is 5.75 Å².